The predicted octanol–water partition coefficient (Wildman–Crippen LogP) is 2.80. The summed E-state index contributed by atoms with van der Waals surface area (Å²) in [7, 11) is 1.76. The Kier molecular flexibility index (Phi) is 3.50. The lowest BCUT2D eigenvalue weighted by Gasteiger charge is -2.28. The maximum absolute atomic E-state index is 5.57. The summed E-state index contributed by atoms with van der Waals surface area (Å²) in [6.07, 6.45) is 3.54. The largest absolute Gasteiger partial charge is 0.496 e. The Hall–Kier alpha value is -1.06. The molecule has 104 valence electrons. The summed E-state index contributed by atoms with van der Waals surface area (Å²) in [6, 6.07) is 6.64. The van der Waals surface area contributed by atoms with Crippen LogP contribution in [0.5, 0.6) is 5.75 Å². The third-order valence-electron chi connectivity index (χ3n) is 4.59. The Balaban J connectivity index is 1.97. The summed E-state index contributed by atoms with van der Waals surface area (Å²) in [5, 5.41) is 3.63. The van der Waals surface area contributed by atoms with E-state index in [0.29, 0.717) is 5.92 Å². The molecule has 2 saturated heterocycles. The summed E-state index contributed by atoms with van der Waals surface area (Å²) in [5.74, 6) is 1.55. The number of benzene rings is 1. The smallest absolute Gasteiger partial charge is 0.123 e. The molecule has 3 heteroatoms. The van der Waals surface area contributed by atoms with Gasteiger partial charge in [-0.2, -0.15) is 0 Å². The van der Waals surface area contributed by atoms with E-state index < -0.39 is 0 Å². The van der Waals surface area contributed by atoms with Crippen LogP contribution in [-0.4, -0.2) is 26.9 Å². The molecular weight excluding hydrogens is 238 g/mol. The highest BCUT2D eigenvalue weighted by Crippen LogP contribution is 2.38. The molecule has 2 aliphatic rings. The summed E-state index contributed by atoms with van der Waals surface area (Å²) in [4.78, 5) is 0. The number of hydrogen-bond acceptors (Lipinski definition) is 3. The Morgan fingerprint density at radius 1 is 1.42 bits per heavy atom. The van der Waals surface area contributed by atoms with Gasteiger partial charge in [-0.3, -0.25) is 0 Å². The van der Waals surface area contributed by atoms with Gasteiger partial charge >= 0.3 is 0 Å². The van der Waals surface area contributed by atoms with Gasteiger partial charge in [-0.05, 0) is 50.4 Å². The standard InChI is InChI=1S/C16H23NO2/c1-16(7-3-8-17-16)14-10-12(4-5-15(14)18-2)13-6-9-19-11-13/h4-5,10,13,17H,3,6-9,11H2,1-2H3. The van der Waals surface area contributed by atoms with Crippen molar-refractivity contribution < 1.29 is 9.47 Å². The quantitative estimate of drug-likeness (QED) is 0.907. The van der Waals surface area contributed by atoms with Crippen LogP contribution in [0.15, 0.2) is 18.2 Å². The maximum atomic E-state index is 5.57. The molecule has 2 fully saturated rings. The number of nitrogens with one attached hydrogen (secondary N) is 1. The molecule has 0 amide bonds. The highest BCUT2D eigenvalue weighted by molar-refractivity contribution is 5.43. The molecule has 0 aromatic heterocycles. The van der Waals surface area contributed by atoms with E-state index in [4.69, 9.17) is 9.47 Å². The minimum absolute atomic E-state index is 0.0564. The lowest BCUT2D eigenvalue weighted by atomic mass is 9.86. The lowest BCUT2D eigenvalue weighted by Crippen LogP contribution is -2.33. The Labute approximate surface area is 115 Å². The molecule has 0 saturated carbocycles. The molecule has 3 rings (SSSR count). The van der Waals surface area contributed by atoms with Gasteiger partial charge in [0.05, 0.1) is 13.7 Å². The summed E-state index contributed by atoms with van der Waals surface area (Å²) >= 11 is 0. The molecule has 1 N–H and O–H groups in total. The molecular formula is C16H23NO2. The maximum Gasteiger partial charge on any atom is 0.123 e. The number of ether oxygens (including phenoxy) is 2. The Morgan fingerprint density at radius 3 is 2.95 bits per heavy atom. The van der Waals surface area contributed by atoms with Gasteiger partial charge in [0, 0.05) is 23.6 Å². The molecule has 2 aliphatic heterocycles. The summed E-state index contributed by atoms with van der Waals surface area (Å²) < 4.78 is 11.1. The van der Waals surface area contributed by atoms with Crippen LogP contribution in [0, 0.1) is 0 Å². The van der Waals surface area contributed by atoms with Crippen molar-refractivity contribution >= 4 is 0 Å². The van der Waals surface area contributed by atoms with E-state index in [0.717, 1.165) is 31.9 Å². The van der Waals surface area contributed by atoms with E-state index in [1.165, 1.54) is 24.0 Å². The molecule has 19 heavy (non-hydrogen) atoms. The Morgan fingerprint density at radius 2 is 2.32 bits per heavy atom. The minimum atomic E-state index is 0.0564. The van der Waals surface area contributed by atoms with Crippen LogP contribution in [-0.2, 0) is 10.3 Å². The van der Waals surface area contributed by atoms with E-state index in [2.05, 4.69) is 30.4 Å². The highest BCUT2D eigenvalue weighted by atomic mass is 16.5. The van der Waals surface area contributed by atoms with E-state index in [9.17, 15) is 0 Å². The number of hydrogen-bond donors (Lipinski definition) is 1. The zero-order valence-corrected chi connectivity index (χ0v) is 11.9. The molecule has 0 radical (unpaired) electrons. The average molecular weight is 261 g/mol. The van der Waals surface area contributed by atoms with Crippen LogP contribution in [0.4, 0.5) is 0 Å². The fourth-order valence-electron chi connectivity index (χ4n) is 3.33. The van der Waals surface area contributed by atoms with Gasteiger partial charge in [0.25, 0.3) is 0 Å². The highest BCUT2D eigenvalue weighted by Gasteiger charge is 2.33. The monoisotopic (exact) mass is 261 g/mol. The second kappa shape index (κ2) is 5.14. The fraction of sp³-hybridized carbons (Fsp3) is 0.625. The van der Waals surface area contributed by atoms with Crippen LogP contribution >= 0.6 is 0 Å². The van der Waals surface area contributed by atoms with Crippen LogP contribution in [0.2, 0.25) is 0 Å². The van der Waals surface area contributed by atoms with Gasteiger partial charge < -0.3 is 14.8 Å². The Bertz CT molecular complexity index is 446. The van der Waals surface area contributed by atoms with E-state index in [1.807, 2.05) is 0 Å². The van der Waals surface area contributed by atoms with E-state index in [1.54, 1.807) is 7.11 Å². The molecule has 0 bridgehead atoms. The molecule has 2 unspecified atom stereocenters. The molecule has 0 aliphatic carbocycles. The molecule has 0 spiro atoms. The van der Waals surface area contributed by atoms with Crippen molar-refractivity contribution in [2.75, 3.05) is 26.9 Å². The van der Waals surface area contributed by atoms with Gasteiger partial charge in [0.2, 0.25) is 0 Å². The van der Waals surface area contributed by atoms with Gasteiger partial charge in [-0.1, -0.05) is 6.07 Å². The van der Waals surface area contributed by atoms with Gasteiger partial charge in [-0.15, -0.1) is 0 Å². The lowest BCUT2D eigenvalue weighted by molar-refractivity contribution is 0.194. The minimum Gasteiger partial charge on any atom is -0.496 e. The second-order valence-corrected chi connectivity index (χ2v) is 5.88. The molecule has 2 heterocycles. The second-order valence-electron chi connectivity index (χ2n) is 5.88. The third kappa shape index (κ3) is 2.37. The zero-order valence-electron chi connectivity index (χ0n) is 11.9. The molecule has 1 aromatic carbocycles. The van der Waals surface area contributed by atoms with Gasteiger partial charge in [-0.25, -0.2) is 0 Å². The van der Waals surface area contributed by atoms with Crippen molar-refractivity contribution in [2.45, 2.75) is 37.6 Å². The number of methoxy groups -OCH3 is 1. The fourth-order valence-corrected chi connectivity index (χ4v) is 3.33. The number of rotatable bonds is 3. The zero-order chi connectivity index (χ0) is 13.3. The average Bonchev–Trinajstić information content (AvgIpc) is 3.10. The van der Waals surface area contributed by atoms with E-state index in [-0.39, 0.29) is 5.54 Å². The van der Waals surface area contributed by atoms with Crippen molar-refractivity contribution in [1.82, 2.24) is 5.32 Å². The van der Waals surface area contributed by atoms with Crippen molar-refractivity contribution in [3.05, 3.63) is 29.3 Å². The first-order valence-corrected chi connectivity index (χ1v) is 7.24. The van der Waals surface area contributed by atoms with E-state index >= 15 is 0 Å². The van der Waals surface area contributed by atoms with Crippen LogP contribution in [0.1, 0.15) is 43.2 Å². The van der Waals surface area contributed by atoms with Gasteiger partial charge in [0.1, 0.15) is 5.75 Å². The molecule has 1 aromatic rings. The first kappa shape index (κ1) is 12.9. The van der Waals surface area contributed by atoms with Gasteiger partial charge in [0.15, 0.2) is 0 Å². The molecule has 2 atom stereocenters. The normalized spacial score (nSPS) is 30.7. The summed E-state index contributed by atoms with van der Waals surface area (Å²) in [5.41, 5.74) is 2.75. The SMILES string of the molecule is COc1ccc(C2CCOC2)cc1C1(C)CCCN1. The van der Waals surface area contributed by atoms with Crippen LogP contribution < -0.4 is 10.1 Å². The third-order valence-corrected chi connectivity index (χ3v) is 4.59. The summed E-state index contributed by atoms with van der Waals surface area (Å²) in [6.45, 7) is 5.13. The van der Waals surface area contributed by atoms with Crippen molar-refractivity contribution in [3.63, 3.8) is 0 Å². The first-order chi connectivity index (χ1) is 9.23. The van der Waals surface area contributed by atoms with Crippen molar-refractivity contribution in [1.29, 1.82) is 0 Å². The predicted molar refractivity (Wildman–Crippen MR) is 75.8 cm³/mol. The van der Waals surface area contributed by atoms with Crippen LogP contribution in [0.25, 0.3) is 0 Å². The van der Waals surface area contributed by atoms with Crippen molar-refractivity contribution in [3.8, 4) is 5.75 Å². The van der Waals surface area contributed by atoms with Crippen molar-refractivity contribution in [2.24, 2.45) is 0 Å². The first-order valence-electron chi connectivity index (χ1n) is 7.24. The van der Waals surface area contributed by atoms with Crippen LogP contribution in [0.3, 0.4) is 0 Å². The topological polar surface area (TPSA) is 30.5 Å². The molecule has 3 nitrogen and oxygen atoms in total.